The molecule has 2 aliphatic carbocycles. The van der Waals surface area contributed by atoms with Crippen LogP contribution in [-0.4, -0.2) is 21.7 Å². The Hall–Kier alpha value is -5.09. The molecule has 3 unspecified atom stereocenters. The highest BCUT2D eigenvalue weighted by molar-refractivity contribution is 6.10. The van der Waals surface area contributed by atoms with Crippen molar-refractivity contribution in [2.45, 2.75) is 12.8 Å². The van der Waals surface area contributed by atoms with E-state index in [2.05, 4.69) is 124 Å². The smallest absolute Gasteiger partial charge is 0.338 e. The van der Waals surface area contributed by atoms with Crippen LogP contribution in [0.25, 0.3) is 55.0 Å². The van der Waals surface area contributed by atoms with E-state index in [1.807, 2.05) is 12.1 Å². The van der Waals surface area contributed by atoms with E-state index in [4.69, 9.17) is 4.74 Å². The SMILES string of the molecule is O=C(OCC1CC2C=CC1C2)c1cc(-n2c3ccccc3c3ccccc32)cc(-n2c3ccccc3c3ccccc32)c1. The molecule has 0 aliphatic heterocycles. The molecule has 2 bridgehead atoms. The normalized spacial score (nSPS) is 19.3. The van der Waals surface area contributed by atoms with Gasteiger partial charge in [-0.1, -0.05) is 84.9 Å². The highest BCUT2D eigenvalue weighted by Gasteiger charge is 2.36. The molecule has 2 heterocycles. The van der Waals surface area contributed by atoms with Gasteiger partial charge in [-0.05, 0) is 73.1 Å². The van der Waals surface area contributed by atoms with E-state index in [0.29, 0.717) is 29.9 Å². The molecule has 7 aromatic rings. The summed E-state index contributed by atoms with van der Waals surface area (Å²) in [4.78, 5) is 13.8. The fourth-order valence-electron chi connectivity index (χ4n) is 7.72. The van der Waals surface area contributed by atoms with Gasteiger partial charge in [-0.3, -0.25) is 0 Å². The molecule has 0 N–H and O–H groups in total. The minimum atomic E-state index is -0.267. The molecule has 1 saturated carbocycles. The summed E-state index contributed by atoms with van der Waals surface area (Å²) in [5.41, 5.74) is 6.87. The van der Waals surface area contributed by atoms with Gasteiger partial charge in [-0.15, -0.1) is 0 Å². The minimum Gasteiger partial charge on any atom is -0.462 e. The predicted molar refractivity (Wildman–Crippen MR) is 174 cm³/mol. The summed E-state index contributed by atoms with van der Waals surface area (Å²) in [5.74, 6) is 1.33. The van der Waals surface area contributed by atoms with Crippen LogP contribution in [0.1, 0.15) is 23.2 Å². The molecule has 4 heteroatoms. The van der Waals surface area contributed by atoms with Crippen LogP contribution in [0.4, 0.5) is 0 Å². The summed E-state index contributed by atoms with van der Waals surface area (Å²) in [7, 11) is 0. The van der Waals surface area contributed by atoms with Gasteiger partial charge in [0.05, 0.1) is 34.2 Å². The molecule has 4 nitrogen and oxygen atoms in total. The molecule has 3 atom stereocenters. The van der Waals surface area contributed by atoms with Gasteiger partial charge >= 0.3 is 5.97 Å². The molecule has 0 radical (unpaired) electrons. The second-order valence-electron chi connectivity index (χ2n) is 12.1. The Morgan fingerprint density at radius 3 is 1.49 bits per heavy atom. The number of fused-ring (bicyclic) bond motifs is 8. The molecule has 0 spiro atoms. The molecule has 0 saturated heterocycles. The summed E-state index contributed by atoms with van der Waals surface area (Å²) in [6, 6.07) is 40.2. The van der Waals surface area contributed by atoms with Crippen molar-refractivity contribution in [3.63, 3.8) is 0 Å². The Kier molecular flexibility index (Phi) is 5.39. The third kappa shape index (κ3) is 3.79. The Balaban J connectivity index is 1.26. The minimum absolute atomic E-state index is 0.267. The summed E-state index contributed by atoms with van der Waals surface area (Å²) in [5, 5.41) is 4.75. The quantitative estimate of drug-likeness (QED) is 0.156. The lowest BCUT2D eigenvalue weighted by Gasteiger charge is -2.19. The second-order valence-corrected chi connectivity index (χ2v) is 12.1. The maximum atomic E-state index is 13.8. The molecule has 0 amide bonds. The van der Waals surface area contributed by atoms with E-state index >= 15 is 0 Å². The van der Waals surface area contributed by atoms with Crippen molar-refractivity contribution < 1.29 is 9.53 Å². The summed E-state index contributed by atoms with van der Waals surface area (Å²) in [6.07, 6.45) is 6.96. The van der Waals surface area contributed by atoms with Crippen LogP contribution in [0.5, 0.6) is 0 Å². The first-order valence-corrected chi connectivity index (χ1v) is 15.2. The zero-order chi connectivity index (χ0) is 28.5. The van der Waals surface area contributed by atoms with Gasteiger partial charge in [0.1, 0.15) is 0 Å². The van der Waals surface area contributed by atoms with Gasteiger partial charge < -0.3 is 13.9 Å². The van der Waals surface area contributed by atoms with Gasteiger partial charge in [-0.2, -0.15) is 0 Å². The third-order valence-corrected chi connectivity index (χ3v) is 9.66. The van der Waals surface area contributed by atoms with Crippen molar-refractivity contribution in [3.05, 3.63) is 133 Å². The first-order chi connectivity index (χ1) is 21.2. The van der Waals surface area contributed by atoms with Crippen LogP contribution < -0.4 is 0 Å². The van der Waals surface area contributed by atoms with Crippen molar-refractivity contribution in [3.8, 4) is 11.4 Å². The lowest BCUT2D eigenvalue weighted by atomic mass is 9.95. The van der Waals surface area contributed by atoms with Crippen LogP contribution >= 0.6 is 0 Å². The number of carbonyl (C=O) groups excluding carboxylic acids is 1. The number of hydrogen-bond acceptors (Lipinski definition) is 2. The van der Waals surface area contributed by atoms with Crippen LogP contribution in [0.3, 0.4) is 0 Å². The number of carbonyl (C=O) groups is 1. The van der Waals surface area contributed by atoms with Crippen LogP contribution in [-0.2, 0) is 4.74 Å². The number of rotatable bonds is 5. The first-order valence-electron chi connectivity index (χ1n) is 15.2. The number of benzene rings is 5. The van der Waals surface area contributed by atoms with Crippen molar-refractivity contribution in [1.29, 1.82) is 0 Å². The summed E-state index contributed by atoms with van der Waals surface area (Å²) < 4.78 is 10.6. The number of para-hydroxylation sites is 4. The molecule has 2 aromatic heterocycles. The molecule has 5 aromatic carbocycles. The number of nitrogens with zero attached hydrogens (tertiary/aromatic N) is 2. The lowest BCUT2D eigenvalue weighted by Crippen LogP contribution is -2.18. The summed E-state index contributed by atoms with van der Waals surface area (Å²) >= 11 is 0. The van der Waals surface area contributed by atoms with E-state index in [1.165, 1.54) is 28.0 Å². The van der Waals surface area contributed by atoms with Gasteiger partial charge in [0, 0.05) is 32.9 Å². The van der Waals surface area contributed by atoms with E-state index in [0.717, 1.165) is 39.9 Å². The first kappa shape index (κ1) is 24.5. The maximum Gasteiger partial charge on any atom is 0.338 e. The van der Waals surface area contributed by atoms with Crippen molar-refractivity contribution >= 4 is 49.6 Å². The zero-order valence-electron chi connectivity index (χ0n) is 23.7. The molecular weight excluding hydrogens is 528 g/mol. The zero-order valence-corrected chi connectivity index (χ0v) is 23.7. The number of allylic oxidation sites excluding steroid dienone is 2. The van der Waals surface area contributed by atoms with Crippen molar-refractivity contribution in [1.82, 2.24) is 9.13 Å². The number of aromatic nitrogens is 2. The molecule has 1 fully saturated rings. The van der Waals surface area contributed by atoms with E-state index in [1.54, 1.807) is 0 Å². The van der Waals surface area contributed by atoms with Crippen LogP contribution in [0.2, 0.25) is 0 Å². The molecule has 208 valence electrons. The van der Waals surface area contributed by atoms with E-state index < -0.39 is 0 Å². The molecule has 9 rings (SSSR count). The average molecular weight is 559 g/mol. The number of hydrogen-bond donors (Lipinski definition) is 0. The topological polar surface area (TPSA) is 36.2 Å². The second kappa shape index (κ2) is 9.47. The Morgan fingerprint density at radius 2 is 1.07 bits per heavy atom. The monoisotopic (exact) mass is 558 g/mol. The number of ether oxygens (including phenoxy) is 1. The third-order valence-electron chi connectivity index (χ3n) is 9.66. The highest BCUT2D eigenvalue weighted by Crippen LogP contribution is 2.43. The predicted octanol–water partition coefficient (Wildman–Crippen LogP) is 9.25. The fourth-order valence-corrected chi connectivity index (χ4v) is 7.72. The molecule has 43 heavy (non-hydrogen) atoms. The van der Waals surface area contributed by atoms with Gasteiger partial charge in [0.15, 0.2) is 0 Å². The van der Waals surface area contributed by atoms with Crippen molar-refractivity contribution in [2.24, 2.45) is 17.8 Å². The number of esters is 1. The Bertz CT molecular complexity index is 2010. The van der Waals surface area contributed by atoms with Crippen LogP contribution in [0, 0.1) is 17.8 Å². The van der Waals surface area contributed by atoms with Crippen molar-refractivity contribution in [2.75, 3.05) is 6.61 Å². The van der Waals surface area contributed by atoms with E-state index in [-0.39, 0.29) is 5.97 Å². The standard InChI is InChI=1S/C39H30N2O2/c42-39(43-24-28-20-25-17-18-26(28)19-25)27-21-29(40-35-13-5-1-9-31(35)32-10-2-6-14-36(32)40)23-30(22-27)41-37-15-7-3-11-33(37)34-12-4-8-16-38(34)41/h1-18,21-23,25-26,28H,19-20,24H2. The molecular formula is C39H30N2O2. The Labute approximate surface area is 249 Å². The van der Waals surface area contributed by atoms with Gasteiger partial charge in [0.25, 0.3) is 0 Å². The van der Waals surface area contributed by atoms with Gasteiger partial charge in [-0.25, -0.2) is 4.79 Å². The molecule has 2 aliphatic rings. The Morgan fingerprint density at radius 1 is 0.605 bits per heavy atom. The van der Waals surface area contributed by atoms with E-state index in [9.17, 15) is 4.79 Å². The highest BCUT2D eigenvalue weighted by atomic mass is 16.5. The van der Waals surface area contributed by atoms with Crippen LogP contribution in [0.15, 0.2) is 127 Å². The lowest BCUT2D eigenvalue weighted by molar-refractivity contribution is 0.0420. The fraction of sp³-hybridized carbons (Fsp3) is 0.154. The van der Waals surface area contributed by atoms with Gasteiger partial charge in [0.2, 0.25) is 0 Å². The average Bonchev–Trinajstić information content (AvgIpc) is 3.83. The maximum absolute atomic E-state index is 13.8. The summed E-state index contributed by atoms with van der Waals surface area (Å²) in [6.45, 7) is 0.467. The largest absolute Gasteiger partial charge is 0.462 e.